The van der Waals surface area contributed by atoms with Crippen LogP contribution in [0.4, 0.5) is 0 Å². The van der Waals surface area contributed by atoms with Crippen LogP contribution in [0.5, 0.6) is 0 Å². The summed E-state index contributed by atoms with van der Waals surface area (Å²) in [5, 5.41) is 0.628. The number of carbonyl (C=O) groups is 2. The Labute approximate surface area is 164 Å². The van der Waals surface area contributed by atoms with Gasteiger partial charge in [0.1, 0.15) is 5.69 Å². The van der Waals surface area contributed by atoms with Crippen LogP contribution in [0.1, 0.15) is 20.7 Å². The molecule has 0 spiro atoms. The van der Waals surface area contributed by atoms with E-state index in [1.54, 1.807) is 43.4 Å². The molecule has 0 bridgehead atoms. The van der Waals surface area contributed by atoms with Gasteiger partial charge < -0.3 is 8.98 Å². The lowest BCUT2D eigenvalue weighted by molar-refractivity contribution is 0.0847. The van der Waals surface area contributed by atoms with Crippen LogP contribution in [0, 0.1) is 0 Å². The molecule has 3 aromatic heterocycles. The lowest BCUT2D eigenvalue weighted by atomic mass is 10.1. The smallest absolute Gasteiger partial charge is 0.270 e. The van der Waals surface area contributed by atoms with Crippen molar-refractivity contribution < 1.29 is 14.0 Å². The highest BCUT2D eigenvalue weighted by Crippen LogP contribution is 2.25. The van der Waals surface area contributed by atoms with Crippen LogP contribution in [0.25, 0.3) is 22.4 Å². The zero-order valence-corrected chi connectivity index (χ0v) is 15.4. The van der Waals surface area contributed by atoms with E-state index in [1.807, 2.05) is 6.07 Å². The molecule has 1 aromatic carbocycles. The van der Waals surface area contributed by atoms with Crippen molar-refractivity contribution in [3.63, 3.8) is 0 Å². The summed E-state index contributed by atoms with van der Waals surface area (Å²) < 4.78 is 6.73. The molecule has 0 aliphatic heterocycles. The molecule has 0 atom stereocenters. The van der Waals surface area contributed by atoms with E-state index >= 15 is 0 Å². The number of hydrogen-bond donors (Lipinski definition) is 2. The number of carbonyl (C=O) groups excluding carboxylic acids is 2. The number of benzene rings is 1. The number of aromatic nitrogens is 2. The molecule has 0 saturated heterocycles. The number of rotatable bonds is 3. The summed E-state index contributed by atoms with van der Waals surface area (Å²) in [5.41, 5.74) is 5.98. The first-order chi connectivity index (χ1) is 14.0. The number of nitrogens with zero attached hydrogens (tertiary/aromatic N) is 2. The summed E-state index contributed by atoms with van der Waals surface area (Å²) in [4.78, 5) is 41.3. The Kier molecular flexibility index (Phi) is 4.66. The van der Waals surface area contributed by atoms with E-state index in [-0.39, 0.29) is 11.1 Å². The van der Waals surface area contributed by atoms with Crippen LogP contribution in [0.2, 0.25) is 0 Å². The fraction of sp³-hybridized carbons (Fsp3) is 0.0476. The largest absolute Gasteiger partial charge is 0.463 e. The fourth-order valence-electron chi connectivity index (χ4n) is 2.86. The monoisotopic (exact) mass is 388 g/mol. The molecule has 3 heterocycles. The van der Waals surface area contributed by atoms with Crippen molar-refractivity contribution in [3.8, 4) is 11.5 Å². The lowest BCUT2D eigenvalue weighted by Crippen LogP contribution is -2.42. The molecular weight excluding hydrogens is 372 g/mol. The highest BCUT2D eigenvalue weighted by molar-refractivity contribution is 6.08. The average Bonchev–Trinajstić information content (AvgIpc) is 3.28. The molecule has 2 amide bonds. The Bertz CT molecular complexity index is 1280. The molecule has 0 fully saturated rings. The highest BCUT2D eigenvalue weighted by atomic mass is 16.3. The number of nitrogens with one attached hydrogen (secondary N) is 2. The molecule has 0 saturated carbocycles. The van der Waals surface area contributed by atoms with Gasteiger partial charge in [0.15, 0.2) is 5.76 Å². The van der Waals surface area contributed by atoms with Gasteiger partial charge in [0, 0.05) is 30.3 Å². The zero-order chi connectivity index (χ0) is 20.4. The summed E-state index contributed by atoms with van der Waals surface area (Å²) in [6, 6.07) is 14.9. The second-order valence-electron chi connectivity index (χ2n) is 6.32. The Morgan fingerprint density at radius 3 is 2.55 bits per heavy atom. The van der Waals surface area contributed by atoms with Gasteiger partial charge in [0.2, 0.25) is 0 Å². The SMILES string of the molecule is Cn1ccc(C(=O)NNC(=O)c2cc(-c3ccco3)nc3ccccc23)cc1=O. The molecule has 4 rings (SSSR count). The van der Waals surface area contributed by atoms with Crippen molar-refractivity contribution in [1.29, 1.82) is 0 Å². The van der Waals surface area contributed by atoms with Crippen LogP contribution in [0.15, 0.2) is 76.3 Å². The molecule has 2 N–H and O–H groups in total. The van der Waals surface area contributed by atoms with Crippen molar-refractivity contribution in [2.45, 2.75) is 0 Å². The van der Waals surface area contributed by atoms with Crippen molar-refractivity contribution in [3.05, 3.63) is 88.5 Å². The van der Waals surface area contributed by atoms with Gasteiger partial charge in [0.25, 0.3) is 17.4 Å². The maximum Gasteiger partial charge on any atom is 0.270 e. The van der Waals surface area contributed by atoms with Crippen LogP contribution >= 0.6 is 0 Å². The van der Waals surface area contributed by atoms with Gasteiger partial charge in [-0.15, -0.1) is 0 Å². The van der Waals surface area contributed by atoms with E-state index in [4.69, 9.17) is 4.42 Å². The third-order valence-electron chi connectivity index (χ3n) is 4.39. The standard InChI is InChI=1S/C21H16N4O4/c1-25-9-8-13(11-19(25)26)20(27)23-24-21(28)15-12-17(18-7-4-10-29-18)22-16-6-3-2-5-14(15)16/h2-12H,1H3,(H,23,27)(H,24,28). The first kappa shape index (κ1) is 18.2. The van der Waals surface area contributed by atoms with Crippen molar-refractivity contribution in [2.75, 3.05) is 0 Å². The van der Waals surface area contributed by atoms with Gasteiger partial charge in [-0.1, -0.05) is 18.2 Å². The van der Waals surface area contributed by atoms with Gasteiger partial charge in [-0.2, -0.15) is 0 Å². The van der Waals surface area contributed by atoms with Gasteiger partial charge in [0.05, 0.1) is 17.3 Å². The third-order valence-corrected chi connectivity index (χ3v) is 4.39. The van der Waals surface area contributed by atoms with Crippen molar-refractivity contribution in [1.82, 2.24) is 20.4 Å². The van der Waals surface area contributed by atoms with Crippen LogP contribution < -0.4 is 16.4 Å². The number of hydrogen-bond acceptors (Lipinski definition) is 5. The number of para-hydroxylation sites is 1. The zero-order valence-electron chi connectivity index (χ0n) is 15.4. The molecule has 29 heavy (non-hydrogen) atoms. The molecular formula is C21H16N4O4. The minimum atomic E-state index is -0.597. The summed E-state index contributed by atoms with van der Waals surface area (Å²) in [6.07, 6.45) is 3.00. The first-order valence-corrected chi connectivity index (χ1v) is 8.74. The van der Waals surface area contributed by atoms with E-state index in [0.29, 0.717) is 27.9 Å². The van der Waals surface area contributed by atoms with E-state index in [0.717, 1.165) is 0 Å². The number of amides is 2. The van der Waals surface area contributed by atoms with Gasteiger partial charge in [-0.3, -0.25) is 25.2 Å². The Balaban J connectivity index is 1.61. The molecule has 0 unspecified atom stereocenters. The quantitative estimate of drug-likeness (QED) is 0.524. The lowest BCUT2D eigenvalue weighted by Gasteiger charge is -2.11. The van der Waals surface area contributed by atoms with E-state index in [1.165, 1.54) is 29.2 Å². The Morgan fingerprint density at radius 2 is 1.79 bits per heavy atom. The summed E-state index contributed by atoms with van der Waals surface area (Å²) in [6.45, 7) is 0. The summed E-state index contributed by atoms with van der Waals surface area (Å²) in [5.74, 6) is -0.594. The van der Waals surface area contributed by atoms with Gasteiger partial charge in [-0.05, 0) is 30.3 Å². The van der Waals surface area contributed by atoms with Gasteiger partial charge >= 0.3 is 0 Å². The number of hydrazine groups is 1. The topological polar surface area (TPSA) is 106 Å². The number of fused-ring (bicyclic) bond motifs is 1. The second-order valence-corrected chi connectivity index (χ2v) is 6.32. The normalized spacial score (nSPS) is 10.7. The molecule has 8 heteroatoms. The van der Waals surface area contributed by atoms with Crippen LogP contribution in [-0.2, 0) is 7.05 Å². The Hall–Kier alpha value is -4.20. The van der Waals surface area contributed by atoms with Crippen molar-refractivity contribution in [2.24, 2.45) is 7.05 Å². The summed E-state index contributed by atoms with van der Waals surface area (Å²) >= 11 is 0. The number of furan rings is 1. The maximum atomic E-state index is 12.8. The predicted molar refractivity (Wildman–Crippen MR) is 106 cm³/mol. The van der Waals surface area contributed by atoms with E-state index < -0.39 is 11.8 Å². The molecule has 0 aliphatic rings. The Morgan fingerprint density at radius 1 is 1.00 bits per heavy atom. The minimum Gasteiger partial charge on any atom is -0.463 e. The molecule has 8 nitrogen and oxygen atoms in total. The highest BCUT2D eigenvalue weighted by Gasteiger charge is 2.16. The second kappa shape index (κ2) is 7.43. The van der Waals surface area contributed by atoms with E-state index in [9.17, 15) is 14.4 Å². The molecule has 0 radical (unpaired) electrons. The maximum absolute atomic E-state index is 12.8. The van der Waals surface area contributed by atoms with Crippen LogP contribution in [0.3, 0.4) is 0 Å². The van der Waals surface area contributed by atoms with Crippen molar-refractivity contribution >= 4 is 22.7 Å². The average molecular weight is 388 g/mol. The van der Waals surface area contributed by atoms with Gasteiger partial charge in [-0.25, -0.2) is 4.98 Å². The number of pyridine rings is 2. The molecule has 4 aromatic rings. The summed E-state index contributed by atoms with van der Waals surface area (Å²) in [7, 11) is 1.58. The van der Waals surface area contributed by atoms with E-state index in [2.05, 4.69) is 15.8 Å². The third kappa shape index (κ3) is 3.63. The van der Waals surface area contributed by atoms with Crippen LogP contribution in [-0.4, -0.2) is 21.4 Å². The predicted octanol–water partition coefficient (Wildman–Crippen LogP) is 2.27. The molecule has 0 aliphatic carbocycles. The first-order valence-electron chi connectivity index (χ1n) is 8.74. The minimum absolute atomic E-state index is 0.143. The molecule has 144 valence electrons. The number of aryl methyl sites for hydroxylation is 1. The fourth-order valence-corrected chi connectivity index (χ4v) is 2.86.